The first kappa shape index (κ1) is 32.5. The van der Waals surface area contributed by atoms with Crippen molar-refractivity contribution in [2.24, 2.45) is 0 Å². The molecule has 8 aromatic carbocycles. The SMILES string of the molecule is c1ccc(-c2cc(-c3ccc4c(c3)oc3ccccc34)cc(-c3cccc4c3Oc3cc5c(cc3O4)-c3ccccc3C5(c3ccccc3)c3ccccc3)n2)cc1. The maximum absolute atomic E-state index is 7.05. The van der Waals surface area contributed by atoms with E-state index in [0.717, 1.165) is 66.7 Å². The number of pyridine rings is 1. The molecular formula is C54H33NO3. The molecule has 12 rings (SSSR count). The monoisotopic (exact) mass is 743 g/mol. The standard InChI is InChI=1S/C54H33NO3/c1-4-15-34(16-5-1)46-29-36(35-27-28-41-40-22-11-13-25-48(40)56-50(41)31-35)30-47(55-46)42-23-14-26-49-53(42)58-52-33-45-43(32-51(52)57-49)39-21-10-12-24-44(39)54(45,37-17-6-2-7-18-37)38-19-8-3-9-20-38/h1-33H. The van der Waals surface area contributed by atoms with Crippen LogP contribution >= 0.6 is 0 Å². The summed E-state index contributed by atoms with van der Waals surface area (Å²) >= 11 is 0. The first-order chi connectivity index (χ1) is 28.7. The topological polar surface area (TPSA) is 44.5 Å². The quantitative estimate of drug-likeness (QED) is 0.176. The van der Waals surface area contributed by atoms with Gasteiger partial charge < -0.3 is 13.9 Å². The Balaban J connectivity index is 1.03. The second-order valence-electron chi connectivity index (χ2n) is 15.0. The van der Waals surface area contributed by atoms with Gasteiger partial charge >= 0.3 is 0 Å². The molecule has 3 heterocycles. The van der Waals surface area contributed by atoms with Crippen LogP contribution in [0.3, 0.4) is 0 Å². The molecule has 10 aromatic rings. The van der Waals surface area contributed by atoms with Gasteiger partial charge in [0.1, 0.15) is 11.2 Å². The van der Waals surface area contributed by atoms with Gasteiger partial charge in [-0.2, -0.15) is 0 Å². The fourth-order valence-electron chi connectivity index (χ4n) is 9.24. The lowest BCUT2D eigenvalue weighted by Gasteiger charge is -2.34. The Labute approximate surface area is 335 Å². The Morgan fingerprint density at radius 3 is 1.83 bits per heavy atom. The van der Waals surface area contributed by atoms with Gasteiger partial charge in [0.2, 0.25) is 0 Å². The highest BCUT2D eigenvalue weighted by Crippen LogP contribution is 2.60. The highest BCUT2D eigenvalue weighted by atomic mass is 16.6. The Morgan fingerprint density at radius 2 is 1.02 bits per heavy atom. The molecule has 1 aliphatic heterocycles. The van der Waals surface area contributed by atoms with Crippen molar-refractivity contribution in [3.63, 3.8) is 0 Å². The zero-order valence-corrected chi connectivity index (χ0v) is 31.2. The molecule has 0 saturated heterocycles. The molecule has 0 saturated carbocycles. The maximum Gasteiger partial charge on any atom is 0.179 e. The molecule has 58 heavy (non-hydrogen) atoms. The lowest BCUT2D eigenvalue weighted by molar-refractivity contribution is 0.360. The molecule has 4 nitrogen and oxygen atoms in total. The van der Waals surface area contributed by atoms with E-state index < -0.39 is 5.41 Å². The summed E-state index contributed by atoms with van der Waals surface area (Å²) in [6.07, 6.45) is 0. The van der Waals surface area contributed by atoms with Gasteiger partial charge in [-0.25, -0.2) is 4.98 Å². The number of para-hydroxylation sites is 2. The second kappa shape index (κ2) is 12.7. The van der Waals surface area contributed by atoms with Crippen LogP contribution in [0.25, 0.3) is 66.7 Å². The number of benzene rings is 8. The van der Waals surface area contributed by atoms with Crippen LogP contribution in [0.4, 0.5) is 0 Å². The van der Waals surface area contributed by atoms with E-state index in [1.807, 2.05) is 48.5 Å². The van der Waals surface area contributed by atoms with E-state index in [0.29, 0.717) is 23.0 Å². The highest BCUT2D eigenvalue weighted by Gasteiger charge is 2.47. The molecular weight excluding hydrogens is 711 g/mol. The molecule has 1 aliphatic carbocycles. The largest absolute Gasteiger partial charge is 0.456 e. The van der Waals surface area contributed by atoms with Gasteiger partial charge in [-0.3, -0.25) is 0 Å². The minimum Gasteiger partial charge on any atom is -0.456 e. The Kier molecular flexibility index (Phi) is 7.11. The molecule has 0 spiro atoms. The summed E-state index contributed by atoms with van der Waals surface area (Å²) in [5.41, 5.74) is 13.8. The van der Waals surface area contributed by atoms with Crippen LogP contribution < -0.4 is 9.47 Å². The molecule has 0 bridgehead atoms. The van der Waals surface area contributed by atoms with Crippen molar-refractivity contribution in [2.75, 3.05) is 0 Å². The molecule has 0 fully saturated rings. The van der Waals surface area contributed by atoms with Gasteiger partial charge in [-0.05, 0) is 99.1 Å². The van der Waals surface area contributed by atoms with Gasteiger partial charge in [0.05, 0.1) is 16.8 Å². The summed E-state index contributed by atoms with van der Waals surface area (Å²) in [4.78, 5) is 5.29. The minimum absolute atomic E-state index is 0.561. The van der Waals surface area contributed by atoms with Crippen LogP contribution in [0.2, 0.25) is 0 Å². The number of hydrogen-bond acceptors (Lipinski definition) is 4. The lowest BCUT2D eigenvalue weighted by Crippen LogP contribution is -2.28. The Hall–Kier alpha value is -7.69. The van der Waals surface area contributed by atoms with E-state index in [4.69, 9.17) is 18.9 Å². The van der Waals surface area contributed by atoms with Crippen LogP contribution in [0.1, 0.15) is 22.3 Å². The third kappa shape index (κ3) is 4.85. The van der Waals surface area contributed by atoms with E-state index in [2.05, 4.69) is 152 Å². The number of rotatable bonds is 5. The number of ether oxygens (including phenoxy) is 2. The van der Waals surface area contributed by atoms with Gasteiger partial charge in [0.15, 0.2) is 23.0 Å². The molecule has 0 unspecified atom stereocenters. The molecule has 0 N–H and O–H groups in total. The van der Waals surface area contributed by atoms with E-state index >= 15 is 0 Å². The summed E-state index contributed by atoms with van der Waals surface area (Å²) in [5, 5.41) is 2.20. The predicted octanol–water partition coefficient (Wildman–Crippen LogP) is 14.2. The van der Waals surface area contributed by atoms with Crippen molar-refractivity contribution < 1.29 is 13.9 Å². The molecule has 2 aromatic heterocycles. The van der Waals surface area contributed by atoms with E-state index in [1.165, 1.54) is 22.3 Å². The number of aromatic nitrogens is 1. The maximum atomic E-state index is 7.05. The van der Waals surface area contributed by atoms with Crippen molar-refractivity contribution in [1.82, 2.24) is 4.98 Å². The highest BCUT2D eigenvalue weighted by molar-refractivity contribution is 6.06. The minimum atomic E-state index is -0.561. The Morgan fingerprint density at radius 1 is 0.362 bits per heavy atom. The van der Waals surface area contributed by atoms with Gasteiger partial charge in [0, 0.05) is 21.9 Å². The fraction of sp³-hybridized carbons (Fsp3) is 0.0185. The van der Waals surface area contributed by atoms with Crippen molar-refractivity contribution in [3.05, 3.63) is 222 Å². The number of nitrogens with zero attached hydrogens (tertiary/aromatic N) is 1. The average Bonchev–Trinajstić information content (AvgIpc) is 3.81. The molecule has 2 aliphatic rings. The van der Waals surface area contributed by atoms with Crippen molar-refractivity contribution in [2.45, 2.75) is 5.41 Å². The molecule has 4 heteroatoms. The predicted molar refractivity (Wildman–Crippen MR) is 232 cm³/mol. The van der Waals surface area contributed by atoms with Crippen LogP contribution in [-0.2, 0) is 5.41 Å². The number of hydrogen-bond donors (Lipinski definition) is 0. The van der Waals surface area contributed by atoms with Gasteiger partial charge in [-0.15, -0.1) is 0 Å². The molecule has 0 amide bonds. The summed E-state index contributed by atoms with van der Waals surface area (Å²) < 4.78 is 20.2. The zero-order chi connectivity index (χ0) is 38.2. The normalized spacial score (nSPS) is 13.2. The molecule has 0 radical (unpaired) electrons. The summed E-state index contributed by atoms with van der Waals surface area (Å²) in [5.74, 6) is 2.62. The first-order valence-electron chi connectivity index (χ1n) is 19.6. The summed E-state index contributed by atoms with van der Waals surface area (Å²) in [6.45, 7) is 0. The van der Waals surface area contributed by atoms with Gasteiger partial charge in [0.25, 0.3) is 0 Å². The van der Waals surface area contributed by atoms with Crippen LogP contribution in [-0.4, -0.2) is 4.98 Å². The van der Waals surface area contributed by atoms with Crippen molar-refractivity contribution in [1.29, 1.82) is 0 Å². The Bertz CT molecular complexity index is 3180. The van der Waals surface area contributed by atoms with E-state index in [9.17, 15) is 0 Å². The summed E-state index contributed by atoms with van der Waals surface area (Å²) in [7, 11) is 0. The van der Waals surface area contributed by atoms with E-state index in [-0.39, 0.29) is 0 Å². The van der Waals surface area contributed by atoms with Crippen LogP contribution in [0.5, 0.6) is 23.0 Å². The average molecular weight is 744 g/mol. The zero-order valence-electron chi connectivity index (χ0n) is 31.2. The lowest BCUT2D eigenvalue weighted by atomic mass is 9.67. The fourth-order valence-corrected chi connectivity index (χ4v) is 9.24. The first-order valence-corrected chi connectivity index (χ1v) is 19.6. The number of fused-ring (bicyclic) bond motifs is 8. The molecule has 0 atom stereocenters. The van der Waals surface area contributed by atoms with E-state index in [1.54, 1.807) is 0 Å². The van der Waals surface area contributed by atoms with Crippen LogP contribution in [0.15, 0.2) is 205 Å². The number of furan rings is 1. The smallest absolute Gasteiger partial charge is 0.179 e. The van der Waals surface area contributed by atoms with Crippen LogP contribution in [0, 0.1) is 0 Å². The third-order valence-corrected chi connectivity index (χ3v) is 11.8. The van der Waals surface area contributed by atoms with Crippen molar-refractivity contribution >= 4 is 21.9 Å². The summed E-state index contributed by atoms with van der Waals surface area (Å²) in [6, 6.07) is 70.0. The third-order valence-electron chi connectivity index (χ3n) is 11.8. The van der Waals surface area contributed by atoms with Gasteiger partial charge in [-0.1, -0.05) is 146 Å². The second-order valence-corrected chi connectivity index (χ2v) is 15.0. The van der Waals surface area contributed by atoms with Crippen molar-refractivity contribution in [3.8, 4) is 67.8 Å². The molecule has 272 valence electrons.